The Morgan fingerprint density at radius 3 is 2.57 bits per heavy atom. The molecule has 0 saturated carbocycles. The lowest BCUT2D eigenvalue weighted by Crippen LogP contribution is -2.49. The number of hydrogen-bond acceptors (Lipinski definition) is 6. The van der Waals surface area contributed by atoms with Gasteiger partial charge in [-0.25, -0.2) is 0 Å². The van der Waals surface area contributed by atoms with Crippen LogP contribution in [0.5, 0.6) is 11.5 Å². The lowest BCUT2D eigenvalue weighted by atomic mass is 10.2. The van der Waals surface area contributed by atoms with Gasteiger partial charge in [0.1, 0.15) is 18.1 Å². The third-order valence-electron chi connectivity index (χ3n) is 4.99. The van der Waals surface area contributed by atoms with E-state index in [2.05, 4.69) is 15.3 Å². The molecule has 1 aromatic carbocycles. The minimum Gasteiger partial charge on any atom is -0.497 e. The third kappa shape index (κ3) is 6.48. The highest BCUT2D eigenvalue weighted by Gasteiger charge is 2.21. The SMILES string of the molecule is COc1cccc(OCCN2CCN(C(=O)CCC(=O)Nc3ccn(C)n3)CC2)c1. The van der Waals surface area contributed by atoms with Gasteiger partial charge < -0.3 is 19.7 Å². The molecule has 9 nitrogen and oxygen atoms in total. The molecule has 3 rings (SSSR count). The number of carbonyl (C=O) groups excluding carboxylic acids is 2. The third-order valence-corrected chi connectivity index (χ3v) is 4.99. The maximum Gasteiger partial charge on any atom is 0.226 e. The van der Waals surface area contributed by atoms with Crippen LogP contribution in [0.15, 0.2) is 36.5 Å². The molecule has 2 amide bonds. The number of aromatic nitrogens is 2. The average Bonchev–Trinajstić information content (AvgIpc) is 3.17. The van der Waals surface area contributed by atoms with E-state index in [0.717, 1.165) is 31.1 Å². The van der Waals surface area contributed by atoms with Crippen molar-refractivity contribution in [2.45, 2.75) is 12.8 Å². The molecule has 0 aliphatic carbocycles. The number of anilines is 1. The number of aryl methyl sites for hydroxylation is 1. The van der Waals surface area contributed by atoms with E-state index in [1.54, 1.807) is 31.1 Å². The maximum atomic E-state index is 12.4. The summed E-state index contributed by atoms with van der Waals surface area (Å²) in [5, 5.41) is 6.80. The number of methoxy groups -OCH3 is 1. The van der Waals surface area contributed by atoms with Crippen molar-refractivity contribution < 1.29 is 19.1 Å². The molecule has 1 aliphatic rings. The first-order valence-electron chi connectivity index (χ1n) is 10.1. The van der Waals surface area contributed by atoms with E-state index in [1.165, 1.54) is 0 Å². The standard InChI is InChI=1S/C21H29N5O4/c1-24-9-8-19(23-24)22-20(27)6-7-21(28)26-12-10-25(11-13-26)14-15-30-18-5-3-4-17(16-18)29-2/h3-5,8-9,16H,6-7,10-15H2,1-2H3,(H,22,23,27). The lowest BCUT2D eigenvalue weighted by molar-refractivity contribution is -0.134. The summed E-state index contributed by atoms with van der Waals surface area (Å²) in [5.41, 5.74) is 0. The summed E-state index contributed by atoms with van der Waals surface area (Å²) in [6.07, 6.45) is 2.11. The molecule has 0 unspecified atom stereocenters. The van der Waals surface area contributed by atoms with Crippen LogP contribution in [-0.4, -0.2) is 77.8 Å². The Morgan fingerprint density at radius 2 is 1.87 bits per heavy atom. The van der Waals surface area contributed by atoms with Gasteiger partial charge in [0.2, 0.25) is 11.8 Å². The van der Waals surface area contributed by atoms with Gasteiger partial charge in [-0.1, -0.05) is 6.07 Å². The van der Waals surface area contributed by atoms with Crippen molar-refractivity contribution in [3.8, 4) is 11.5 Å². The van der Waals surface area contributed by atoms with Crippen molar-refractivity contribution in [2.75, 3.05) is 51.8 Å². The highest BCUT2D eigenvalue weighted by Crippen LogP contribution is 2.18. The van der Waals surface area contributed by atoms with Crippen molar-refractivity contribution in [3.05, 3.63) is 36.5 Å². The summed E-state index contributed by atoms with van der Waals surface area (Å²) >= 11 is 0. The molecule has 2 aromatic rings. The second-order valence-electron chi connectivity index (χ2n) is 7.17. The van der Waals surface area contributed by atoms with Crippen LogP contribution in [-0.2, 0) is 16.6 Å². The van der Waals surface area contributed by atoms with E-state index in [4.69, 9.17) is 9.47 Å². The Morgan fingerprint density at radius 1 is 1.10 bits per heavy atom. The van der Waals surface area contributed by atoms with Crippen molar-refractivity contribution in [1.82, 2.24) is 19.6 Å². The summed E-state index contributed by atoms with van der Waals surface area (Å²) in [5.74, 6) is 1.87. The molecule has 1 aliphatic heterocycles. The number of hydrogen-bond donors (Lipinski definition) is 1. The molecule has 162 valence electrons. The quantitative estimate of drug-likeness (QED) is 0.666. The van der Waals surface area contributed by atoms with Crippen molar-refractivity contribution in [2.24, 2.45) is 7.05 Å². The van der Waals surface area contributed by atoms with E-state index in [-0.39, 0.29) is 24.7 Å². The lowest BCUT2D eigenvalue weighted by Gasteiger charge is -2.34. The van der Waals surface area contributed by atoms with Crippen molar-refractivity contribution in [1.29, 1.82) is 0 Å². The zero-order valence-corrected chi connectivity index (χ0v) is 17.5. The van der Waals surface area contributed by atoms with Gasteiger partial charge in [-0.3, -0.25) is 19.2 Å². The summed E-state index contributed by atoms with van der Waals surface area (Å²) < 4.78 is 12.6. The van der Waals surface area contributed by atoms with Crippen LogP contribution in [0.3, 0.4) is 0 Å². The van der Waals surface area contributed by atoms with Crippen LogP contribution in [0, 0.1) is 0 Å². The first-order chi connectivity index (χ1) is 14.5. The predicted molar refractivity (Wildman–Crippen MR) is 113 cm³/mol. The second-order valence-corrected chi connectivity index (χ2v) is 7.17. The zero-order chi connectivity index (χ0) is 21.3. The Kier molecular flexibility index (Phi) is 7.67. The molecule has 1 fully saturated rings. The highest BCUT2D eigenvalue weighted by atomic mass is 16.5. The van der Waals surface area contributed by atoms with Gasteiger partial charge in [-0.2, -0.15) is 5.10 Å². The van der Waals surface area contributed by atoms with E-state index in [9.17, 15) is 9.59 Å². The van der Waals surface area contributed by atoms with Crippen molar-refractivity contribution in [3.63, 3.8) is 0 Å². The van der Waals surface area contributed by atoms with E-state index in [1.807, 2.05) is 29.2 Å². The minimum absolute atomic E-state index is 0.0125. The van der Waals surface area contributed by atoms with Gasteiger partial charge in [0.25, 0.3) is 0 Å². The first-order valence-corrected chi connectivity index (χ1v) is 10.1. The molecule has 0 spiro atoms. The molecular formula is C21H29N5O4. The van der Waals surface area contributed by atoms with Crippen LogP contribution in [0.25, 0.3) is 0 Å². The molecule has 0 radical (unpaired) electrons. The van der Waals surface area contributed by atoms with Gasteiger partial charge in [0, 0.05) is 70.9 Å². The topological polar surface area (TPSA) is 88.9 Å². The monoisotopic (exact) mass is 415 g/mol. The van der Waals surface area contributed by atoms with Crippen LogP contribution in [0.1, 0.15) is 12.8 Å². The summed E-state index contributed by atoms with van der Waals surface area (Å²) in [6, 6.07) is 9.27. The van der Waals surface area contributed by atoms with Gasteiger partial charge in [-0.15, -0.1) is 0 Å². The number of carbonyl (C=O) groups is 2. The molecule has 1 aromatic heterocycles. The number of amides is 2. The number of nitrogens with zero attached hydrogens (tertiary/aromatic N) is 4. The maximum absolute atomic E-state index is 12.4. The number of benzene rings is 1. The molecule has 0 bridgehead atoms. The predicted octanol–water partition coefficient (Wildman–Crippen LogP) is 1.37. The number of rotatable bonds is 9. The van der Waals surface area contributed by atoms with Crippen LogP contribution in [0.4, 0.5) is 5.82 Å². The van der Waals surface area contributed by atoms with Gasteiger partial charge in [0.15, 0.2) is 5.82 Å². The summed E-state index contributed by atoms with van der Waals surface area (Å²) in [4.78, 5) is 28.5. The first kappa shape index (κ1) is 21.6. The fourth-order valence-electron chi connectivity index (χ4n) is 3.27. The van der Waals surface area contributed by atoms with E-state index < -0.39 is 0 Å². The summed E-state index contributed by atoms with van der Waals surface area (Å²) in [6.45, 7) is 4.31. The molecule has 2 heterocycles. The second kappa shape index (κ2) is 10.6. The Hall–Kier alpha value is -3.07. The average molecular weight is 415 g/mol. The molecule has 1 saturated heterocycles. The fourth-order valence-corrected chi connectivity index (χ4v) is 3.27. The summed E-state index contributed by atoms with van der Waals surface area (Å²) in [7, 11) is 3.41. The Labute approximate surface area is 176 Å². The minimum atomic E-state index is -0.199. The fraction of sp³-hybridized carbons (Fsp3) is 0.476. The molecule has 1 N–H and O–H groups in total. The van der Waals surface area contributed by atoms with Gasteiger partial charge >= 0.3 is 0 Å². The van der Waals surface area contributed by atoms with Crippen LogP contribution >= 0.6 is 0 Å². The zero-order valence-electron chi connectivity index (χ0n) is 17.5. The van der Waals surface area contributed by atoms with Crippen molar-refractivity contribution >= 4 is 17.6 Å². The number of piperazine rings is 1. The van der Waals surface area contributed by atoms with E-state index >= 15 is 0 Å². The highest BCUT2D eigenvalue weighted by molar-refractivity contribution is 5.92. The normalized spacial score (nSPS) is 14.4. The van der Waals surface area contributed by atoms with Gasteiger partial charge in [0.05, 0.1) is 7.11 Å². The number of ether oxygens (including phenoxy) is 2. The molecule has 30 heavy (non-hydrogen) atoms. The number of nitrogens with one attached hydrogen (secondary N) is 1. The molecule has 0 atom stereocenters. The Bertz CT molecular complexity index is 845. The molecule has 9 heteroatoms. The van der Waals surface area contributed by atoms with Gasteiger partial charge in [-0.05, 0) is 12.1 Å². The largest absolute Gasteiger partial charge is 0.497 e. The smallest absolute Gasteiger partial charge is 0.226 e. The van der Waals surface area contributed by atoms with E-state index in [0.29, 0.717) is 25.5 Å². The molecular weight excluding hydrogens is 386 g/mol. The Balaban J connectivity index is 1.31. The van der Waals surface area contributed by atoms with Crippen LogP contribution < -0.4 is 14.8 Å². The van der Waals surface area contributed by atoms with Crippen LogP contribution in [0.2, 0.25) is 0 Å².